The smallest absolute Gasteiger partial charge is 0.277 e. The van der Waals surface area contributed by atoms with Gasteiger partial charge in [-0.2, -0.15) is 5.10 Å². The van der Waals surface area contributed by atoms with Crippen molar-refractivity contribution in [1.82, 2.24) is 5.43 Å². The number of nitrogens with zero attached hydrogens (tertiary/aromatic N) is 1. The fraction of sp³-hybridized carbons (Fsp3) is 0.467. The Kier molecular flexibility index (Phi) is 7.96. The molecule has 1 aromatic carbocycles. The zero-order valence-corrected chi connectivity index (χ0v) is 15.7. The van der Waals surface area contributed by atoms with Crippen molar-refractivity contribution >= 4 is 43.5 Å². The summed E-state index contributed by atoms with van der Waals surface area (Å²) in [5, 5.41) is 4.05. The molecule has 0 aliphatic rings. The number of hydrazone groups is 1. The van der Waals surface area contributed by atoms with Crippen LogP contribution in [0.1, 0.15) is 38.7 Å². The molecule has 0 aromatic heterocycles. The molecule has 0 radical (unpaired) electrons. The Morgan fingerprint density at radius 2 is 2.10 bits per heavy atom. The van der Waals surface area contributed by atoms with Crippen LogP contribution in [-0.2, 0) is 4.79 Å². The molecule has 116 valence electrons. The number of rotatable bonds is 7. The third-order valence-corrected chi connectivity index (χ3v) is 3.85. The Morgan fingerprint density at radius 3 is 2.71 bits per heavy atom. The van der Waals surface area contributed by atoms with Gasteiger partial charge < -0.3 is 4.74 Å². The van der Waals surface area contributed by atoms with Crippen molar-refractivity contribution in [2.75, 3.05) is 6.61 Å². The van der Waals surface area contributed by atoms with E-state index in [1.165, 1.54) is 0 Å². The van der Waals surface area contributed by atoms with Crippen LogP contribution in [0.3, 0.4) is 0 Å². The summed E-state index contributed by atoms with van der Waals surface area (Å²) in [4.78, 5) is 11.7. The minimum absolute atomic E-state index is 0.0639. The molecule has 1 N–H and O–H groups in total. The molecular formula is C15H20Br2N2O2. The number of hydrogen-bond donors (Lipinski definition) is 1. The maximum atomic E-state index is 11.7. The summed E-state index contributed by atoms with van der Waals surface area (Å²) < 4.78 is 7.32. The van der Waals surface area contributed by atoms with Gasteiger partial charge in [-0.05, 0) is 60.3 Å². The van der Waals surface area contributed by atoms with Crippen molar-refractivity contribution in [2.24, 2.45) is 5.10 Å². The van der Waals surface area contributed by atoms with Crippen molar-refractivity contribution in [3.63, 3.8) is 0 Å². The van der Waals surface area contributed by atoms with Crippen molar-refractivity contribution in [1.29, 1.82) is 0 Å². The zero-order valence-electron chi connectivity index (χ0n) is 12.5. The summed E-state index contributed by atoms with van der Waals surface area (Å²) in [5.41, 5.74) is 4.38. The zero-order chi connectivity index (χ0) is 15.8. The summed E-state index contributed by atoms with van der Waals surface area (Å²) in [6.45, 7) is 5.89. The first kappa shape index (κ1) is 18.2. The van der Waals surface area contributed by atoms with Gasteiger partial charge in [0.1, 0.15) is 5.75 Å². The first-order valence-corrected chi connectivity index (χ1v) is 8.43. The maximum Gasteiger partial charge on any atom is 0.277 e. The van der Waals surface area contributed by atoms with Crippen molar-refractivity contribution in [3.8, 4) is 5.75 Å². The predicted molar refractivity (Wildman–Crippen MR) is 92.9 cm³/mol. The van der Waals surface area contributed by atoms with Gasteiger partial charge in [0.15, 0.2) is 6.61 Å². The average molecular weight is 420 g/mol. The lowest BCUT2D eigenvalue weighted by molar-refractivity contribution is -0.123. The van der Waals surface area contributed by atoms with Crippen LogP contribution in [0.25, 0.3) is 0 Å². The molecule has 1 amide bonds. The quantitative estimate of drug-likeness (QED) is 0.519. The lowest BCUT2D eigenvalue weighted by Gasteiger charge is -2.11. The van der Waals surface area contributed by atoms with Crippen LogP contribution < -0.4 is 10.2 Å². The molecule has 0 fully saturated rings. The second-order valence-electron chi connectivity index (χ2n) is 4.81. The minimum atomic E-state index is -0.264. The Balaban J connectivity index is 2.50. The van der Waals surface area contributed by atoms with Gasteiger partial charge in [0.25, 0.3) is 5.91 Å². The highest BCUT2D eigenvalue weighted by atomic mass is 79.9. The highest BCUT2D eigenvalue weighted by molar-refractivity contribution is 9.11. The summed E-state index contributed by atoms with van der Waals surface area (Å²) in [5.74, 6) is 0.403. The number of ether oxygens (including phenoxy) is 1. The normalized spacial score (nSPS) is 11.4. The van der Waals surface area contributed by atoms with Crippen LogP contribution in [0.4, 0.5) is 0 Å². The van der Waals surface area contributed by atoms with E-state index in [0.29, 0.717) is 5.75 Å². The number of nitrogens with one attached hydrogen (secondary N) is 1. The highest BCUT2D eigenvalue weighted by Crippen LogP contribution is 2.32. The third kappa shape index (κ3) is 6.61. The maximum absolute atomic E-state index is 11.7. The van der Waals surface area contributed by atoms with Gasteiger partial charge >= 0.3 is 0 Å². The second kappa shape index (κ2) is 9.20. The molecule has 0 aliphatic carbocycles. The number of halogens is 2. The summed E-state index contributed by atoms with van der Waals surface area (Å²) in [7, 11) is 0. The number of unbranched alkanes of at least 4 members (excludes halogenated alkanes) is 1. The monoisotopic (exact) mass is 418 g/mol. The fourth-order valence-electron chi connectivity index (χ4n) is 1.69. The second-order valence-corrected chi connectivity index (χ2v) is 6.58. The topological polar surface area (TPSA) is 50.7 Å². The molecule has 21 heavy (non-hydrogen) atoms. The van der Waals surface area contributed by atoms with Crippen molar-refractivity contribution in [3.05, 3.63) is 26.6 Å². The summed E-state index contributed by atoms with van der Waals surface area (Å²) >= 11 is 6.83. The van der Waals surface area contributed by atoms with E-state index in [4.69, 9.17) is 4.74 Å². The van der Waals surface area contributed by atoms with Gasteiger partial charge in [0, 0.05) is 10.2 Å². The SMILES string of the molecule is CCCC/C(C)=N/NC(=O)COc1c(C)cc(Br)cc1Br. The van der Waals surface area contributed by atoms with E-state index in [9.17, 15) is 4.79 Å². The Labute approximate surface area is 142 Å². The van der Waals surface area contributed by atoms with E-state index >= 15 is 0 Å². The van der Waals surface area contributed by atoms with Crippen molar-refractivity contribution in [2.45, 2.75) is 40.0 Å². The van der Waals surface area contributed by atoms with Crippen molar-refractivity contribution < 1.29 is 9.53 Å². The average Bonchev–Trinajstić information content (AvgIpc) is 2.41. The number of carbonyl (C=O) groups excluding carboxylic acids is 1. The standard InChI is InChI=1S/C15H20Br2N2O2/c1-4-5-6-11(3)18-19-14(20)9-21-15-10(2)7-12(16)8-13(15)17/h7-8H,4-6,9H2,1-3H3,(H,19,20)/b18-11+. The number of benzene rings is 1. The molecule has 6 heteroatoms. The van der Waals surface area contributed by atoms with E-state index in [1.54, 1.807) is 0 Å². The van der Waals surface area contributed by atoms with Crippen LogP contribution in [-0.4, -0.2) is 18.2 Å². The van der Waals surface area contributed by atoms with Gasteiger partial charge in [-0.1, -0.05) is 29.3 Å². The van der Waals surface area contributed by atoms with Gasteiger partial charge in [-0.3, -0.25) is 4.79 Å². The fourth-order valence-corrected chi connectivity index (χ4v) is 3.24. The minimum Gasteiger partial charge on any atom is -0.482 e. The molecule has 0 heterocycles. The molecule has 1 rings (SSSR count). The molecule has 0 spiro atoms. The molecule has 0 aliphatic heterocycles. The number of hydrogen-bond acceptors (Lipinski definition) is 3. The van der Waals surface area contributed by atoms with Gasteiger partial charge in [-0.15, -0.1) is 0 Å². The predicted octanol–water partition coefficient (Wildman–Crippen LogP) is 4.58. The van der Waals surface area contributed by atoms with Gasteiger partial charge in [0.05, 0.1) is 4.47 Å². The molecule has 1 aromatic rings. The highest BCUT2D eigenvalue weighted by Gasteiger charge is 2.09. The van der Waals surface area contributed by atoms with Crippen LogP contribution in [0.15, 0.2) is 26.2 Å². The third-order valence-electron chi connectivity index (χ3n) is 2.81. The Morgan fingerprint density at radius 1 is 1.38 bits per heavy atom. The molecule has 0 bridgehead atoms. The van der Waals surface area contributed by atoms with Crippen LogP contribution in [0, 0.1) is 6.92 Å². The first-order valence-electron chi connectivity index (χ1n) is 6.84. The molecule has 0 saturated carbocycles. The molecule has 0 atom stereocenters. The Bertz CT molecular complexity index is 507. The number of amides is 1. The molecular weight excluding hydrogens is 400 g/mol. The van der Waals surface area contributed by atoms with Gasteiger partial charge in [0.2, 0.25) is 0 Å². The summed E-state index contributed by atoms with van der Waals surface area (Å²) in [6.07, 6.45) is 3.09. The lowest BCUT2D eigenvalue weighted by atomic mass is 10.2. The number of aryl methyl sites for hydroxylation is 1. The largest absolute Gasteiger partial charge is 0.482 e. The lowest BCUT2D eigenvalue weighted by Crippen LogP contribution is -2.25. The van der Waals surface area contributed by atoms with E-state index in [-0.39, 0.29) is 12.5 Å². The summed E-state index contributed by atoms with van der Waals surface area (Å²) in [6, 6.07) is 3.82. The molecule has 0 unspecified atom stereocenters. The van der Waals surface area contributed by atoms with Crippen LogP contribution in [0.2, 0.25) is 0 Å². The van der Waals surface area contributed by atoms with E-state index in [0.717, 1.165) is 39.5 Å². The van der Waals surface area contributed by atoms with Crippen LogP contribution >= 0.6 is 31.9 Å². The van der Waals surface area contributed by atoms with E-state index in [1.807, 2.05) is 26.0 Å². The van der Waals surface area contributed by atoms with E-state index in [2.05, 4.69) is 49.3 Å². The molecule has 0 saturated heterocycles. The Hall–Kier alpha value is -0.880. The molecule has 4 nitrogen and oxygen atoms in total. The number of carbonyl (C=O) groups is 1. The first-order chi connectivity index (χ1) is 9.93. The van der Waals surface area contributed by atoms with E-state index < -0.39 is 0 Å². The van der Waals surface area contributed by atoms with Gasteiger partial charge in [-0.25, -0.2) is 5.43 Å². The van der Waals surface area contributed by atoms with Crippen LogP contribution in [0.5, 0.6) is 5.75 Å².